The van der Waals surface area contributed by atoms with E-state index in [-0.39, 0.29) is 0 Å². The van der Waals surface area contributed by atoms with Gasteiger partial charge in [-0.25, -0.2) is 0 Å². The number of hydrogen-bond acceptors (Lipinski definition) is 1. The van der Waals surface area contributed by atoms with E-state index in [9.17, 15) is 0 Å². The first-order chi connectivity index (χ1) is 11.8. The van der Waals surface area contributed by atoms with E-state index in [0.29, 0.717) is 6.10 Å². The highest BCUT2D eigenvalue weighted by atomic mass is 16.5. The van der Waals surface area contributed by atoms with Crippen molar-refractivity contribution in [3.05, 3.63) is 0 Å². The summed E-state index contributed by atoms with van der Waals surface area (Å²) in [7, 11) is 0. The van der Waals surface area contributed by atoms with Gasteiger partial charge in [0.25, 0.3) is 0 Å². The monoisotopic (exact) mass is 336 g/mol. The molecule has 0 aromatic carbocycles. The Labute approximate surface area is 152 Å². The zero-order valence-corrected chi connectivity index (χ0v) is 16.7. The van der Waals surface area contributed by atoms with Crippen molar-refractivity contribution in [2.24, 2.45) is 17.8 Å². The minimum atomic E-state index is 0.589. The highest BCUT2D eigenvalue weighted by Gasteiger charge is 2.24. The van der Waals surface area contributed by atoms with Crippen molar-refractivity contribution in [3.63, 3.8) is 0 Å². The van der Waals surface area contributed by atoms with E-state index in [0.717, 1.165) is 24.4 Å². The largest absolute Gasteiger partial charge is 0.378 e. The molecule has 2 aliphatic rings. The molecule has 2 rings (SSSR count). The van der Waals surface area contributed by atoms with Crippen LogP contribution in [0.2, 0.25) is 0 Å². The first kappa shape index (κ1) is 20.3. The predicted molar refractivity (Wildman–Crippen MR) is 105 cm³/mol. The van der Waals surface area contributed by atoms with Gasteiger partial charge in [0.05, 0.1) is 6.10 Å². The topological polar surface area (TPSA) is 9.23 Å². The second-order valence-corrected chi connectivity index (χ2v) is 8.83. The highest BCUT2D eigenvalue weighted by molar-refractivity contribution is 4.77. The lowest BCUT2D eigenvalue weighted by atomic mass is 9.76. The fourth-order valence-electron chi connectivity index (χ4n) is 4.94. The average Bonchev–Trinajstić information content (AvgIpc) is 2.63. The van der Waals surface area contributed by atoms with Crippen LogP contribution in [0.5, 0.6) is 0 Å². The molecule has 0 spiro atoms. The summed E-state index contributed by atoms with van der Waals surface area (Å²) >= 11 is 0. The molecular weight excluding hydrogens is 292 g/mol. The van der Waals surface area contributed by atoms with Gasteiger partial charge in [-0.05, 0) is 49.9 Å². The Morgan fingerprint density at radius 1 is 0.583 bits per heavy atom. The molecule has 1 heteroatoms. The van der Waals surface area contributed by atoms with Crippen LogP contribution >= 0.6 is 0 Å². The Hall–Kier alpha value is -0.0400. The molecule has 0 unspecified atom stereocenters. The molecule has 0 N–H and O–H groups in total. The van der Waals surface area contributed by atoms with Crippen LogP contribution in [0.1, 0.15) is 117 Å². The lowest BCUT2D eigenvalue weighted by molar-refractivity contribution is 0.0150. The van der Waals surface area contributed by atoms with Crippen LogP contribution in [0.15, 0.2) is 0 Å². The molecule has 1 nitrogen and oxygen atoms in total. The molecule has 0 saturated heterocycles. The van der Waals surface area contributed by atoms with E-state index >= 15 is 0 Å². The molecular formula is C23H44O. The number of unbranched alkanes of at least 4 members (excludes halogenated alkanes) is 3. The minimum Gasteiger partial charge on any atom is -0.378 e. The molecule has 0 atom stereocenters. The second-order valence-electron chi connectivity index (χ2n) is 8.83. The summed E-state index contributed by atoms with van der Waals surface area (Å²) in [6.45, 7) is 5.56. The van der Waals surface area contributed by atoms with Gasteiger partial charge in [0.2, 0.25) is 0 Å². The lowest BCUT2D eigenvalue weighted by Crippen LogP contribution is -2.23. The Morgan fingerprint density at radius 2 is 1.08 bits per heavy atom. The maximum absolute atomic E-state index is 6.02. The van der Waals surface area contributed by atoms with Gasteiger partial charge in [-0.2, -0.15) is 0 Å². The van der Waals surface area contributed by atoms with E-state index in [2.05, 4.69) is 13.8 Å². The molecule has 0 bridgehead atoms. The van der Waals surface area contributed by atoms with Gasteiger partial charge < -0.3 is 4.74 Å². The number of ether oxygens (including phenoxy) is 1. The molecule has 0 heterocycles. The van der Waals surface area contributed by atoms with Gasteiger partial charge in [0, 0.05) is 6.61 Å². The van der Waals surface area contributed by atoms with Crippen LogP contribution in [0.25, 0.3) is 0 Å². The minimum absolute atomic E-state index is 0.589. The van der Waals surface area contributed by atoms with E-state index in [4.69, 9.17) is 4.74 Å². The maximum atomic E-state index is 6.02. The Morgan fingerprint density at radius 3 is 1.62 bits per heavy atom. The lowest BCUT2D eigenvalue weighted by Gasteiger charge is -2.32. The molecule has 2 saturated carbocycles. The first-order valence-corrected chi connectivity index (χ1v) is 11.4. The van der Waals surface area contributed by atoms with Crippen molar-refractivity contribution in [1.82, 2.24) is 0 Å². The summed E-state index contributed by atoms with van der Waals surface area (Å²) in [5, 5.41) is 0. The Kier molecular flexibility index (Phi) is 10.4. The quantitative estimate of drug-likeness (QED) is 0.354. The van der Waals surface area contributed by atoms with Gasteiger partial charge in [-0.1, -0.05) is 84.5 Å². The summed E-state index contributed by atoms with van der Waals surface area (Å²) in [4.78, 5) is 0. The highest BCUT2D eigenvalue weighted by Crippen LogP contribution is 2.37. The zero-order valence-electron chi connectivity index (χ0n) is 16.7. The first-order valence-electron chi connectivity index (χ1n) is 11.4. The summed E-state index contributed by atoms with van der Waals surface area (Å²) in [5.41, 5.74) is 0. The van der Waals surface area contributed by atoms with Crippen LogP contribution < -0.4 is 0 Å². The molecule has 24 heavy (non-hydrogen) atoms. The fraction of sp³-hybridized carbons (Fsp3) is 1.00. The van der Waals surface area contributed by atoms with Gasteiger partial charge in [0.15, 0.2) is 0 Å². The third kappa shape index (κ3) is 7.89. The van der Waals surface area contributed by atoms with Gasteiger partial charge >= 0.3 is 0 Å². The molecule has 0 aromatic rings. The van der Waals surface area contributed by atoms with Gasteiger partial charge in [-0.15, -0.1) is 0 Å². The van der Waals surface area contributed by atoms with Crippen molar-refractivity contribution in [2.45, 2.75) is 123 Å². The third-order valence-corrected chi connectivity index (χ3v) is 6.81. The zero-order chi connectivity index (χ0) is 17.0. The van der Waals surface area contributed by atoms with Crippen molar-refractivity contribution in [3.8, 4) is 0 Å². The molecule has 0 amide bonds. The molecule has 0 aliphatic heterocycles. The van der Waals surface area contributed by atoms with Gasteiger partial charge in [0.1, 0.15) is 0 Å². The normalized spacial score (nSPS) is 31.2. The van der Waals surface area contributed by atoms with Crippen LogP contribution in [0.3, 0.4) is 0 Å². The van der Waals surface area contributed by atoms with E-state index in [1.165, 1.54) is 103 Å². The van der Waals surface area contributed by atoms with Crippen molar-refractivity contribution in [2.75, 3.05) is 6.61 Å². The fourth-order valence-corrected chi connectivity index (χ4v) is 4.94. The van der Waals surface area contributed by atoms with E-state index in [1.807, 2.05) is 0 Å². The van der Waals surface area contributed by atoms with Crippen molar-refractivity contribution < 1.29 is 4.74 Å². The average molecular weight is 337 g/mol. The maximum Gasteiger partial charge on any atom is 0.0575 e. The molecule has 0 aromatic heterocycles. The molecule has 2 fully saturated rings. The summed E-state index contributed by atoms with van der Waals surface area (Å²) < 4.78 is 6.02. The SMILES string of the molecule is CCCCC[C@H]1CC[C@H](CC[C@H]2CC[C@H](OCCCC)CC2)CC1. The summed E-state index contributed by atoms with van der Waals surface area (Å²) in [5.74, 6) is 3.15. The van der Waals surface area contributed by atoms with E-state index < -0.39 is 0 Å². The van der Waals surface area contributed by atoms with E-state index in [1.54, 1.807) is 0 Å². The second kappa shape index (κ2) is 12.3. The summed E-state index contributed by atoms with van der Waals surface area (Å²) in [6.07, 6.45) is 23.6. The summed E-state index contributed by atoms with van der Waals surface area (Å²) in [6, 6.07) is 0. The smallest absolute Gasteiger partial charge is 0.0575 e. The van der Waals surface area contributed by atoms with Gasteiger partial charge in [-0.3, -0.25) is 0 Å². The third-order valence-electron chi connectivity index (χ3n) is 6.81. The van der Waals surface area contributed by atoms with Crippen LogP contribution in [-0.4, -0.2) is 12.7 Å². The molecule has 142 valence electrons. The van der Waals surface area contributed by atoms with Crippen LogP contribution in [-0.2, 0) is 4.74 Å². The van der Waals surface area contributed by atoms with Crippen molar-refractivity contribution in [1.29, 1.82) is 0 Å². The molecule has 0 radical (unpaired) electrons. The Bertz CT molecular complexity index is 254. The molecule has 2 aliphatic carbocycles. The predicted octanol–water partition coefficient (Wildman–Crippen LogP) is 7.53. The number of rotatable bonds is 11. The standard InChI is InChI=1S/C23H44O/c1-3-5-7-8-20-9-11-21(12-10-20)13-14-22-15-17-23(18-16-22)24-19-6-4-2/h20-23H,3-19H2,1-2H3/t20-,21-,22-,23-. The number of hydrogen-bond donors (Lipinski definition) is 0. The van der Waals surface area contributed by atoms with Crippen LogP contribution in [0, 0.1) is 17.8 Å². The Balaban J connectivity index is 1.49. The van der Waals surface area contributed by atoms with Crippen LogP contribution in [0.4, 0.5) is 0 Å². The van der Waals surface area contributed by atoms with Crippen molar-refractivity contribution >= 4 is 0 Å².